The van der Waals surface area contributed by atoms with Crippen molar-refractivity contribution in [2.45, 2.75) is 51.5 Å². The van der Waals surface area contributed by atoms with Crippen LogP contribution in [-0.2, 0) is 21.5 Å². The summed E-state index contributed by atoms with van der Waals surface area (Å²) in [7, 11) is 0. The summed E-state index contributed by atoms with van der Waals surface area (Å²) in [5.41, 5.74) is 0.821. The Balaban J connectivity index is 1.73. The fraction of sp³-hybridized carbons (Fsp3) is 0.550. The standard InChI is InChI=1S/C20H27N3O3/c1-3-7-15-8-10-16(11-9-15)20(2)18(25)23(19(26)21-20)14-17(24)22-12-5-4-6-13-22/h8-11H,3-7,12-14H2,1-2H3,(H,21,26)/t20-/m0/s1. The molecule has 1 aromatic carbocycles. The number of nitrogens with zero attached hydrogens (tertiary/aromatic N) is 2. The molecule has 1 atom stereocenters. The lowest BCUT2D eigenvalue weighted by Gasteiger charge is -2.28. The van der Waals surface area contributed by atoms with Crippen molar-refractivity contribution < 1.29 is 14.4 Å². The summed E-state index contributed by atoms with van der Waals surface area (Å²) in [6, 6.07) is 7.26. The summed E-state index contributed by atoms with van der Waals surface area (Å²) in [4.78, 5) is 40.6. The van der Waals surface area contributed by atoms with Gasteiger partial charge in [0.25, 0.3) is 5.91 Å². The van der Waals surface area contributed by atoms with Crippen molar-refractivity contribution in [2.24, 2.45) is 0 Å². The van der Waals surface area contributed by atoms with Gasteiger partial charge in [-0.3, -0.25) is 14.5 Å². The predicted molar refractivity (Wildman–Crippen MR) is 98.5 cm³/mol. The summed E-state index contributed by atoms with van der Waals surface area (Å²) >= 11 is 0. The van der Waals surface area contributed by atoms with Crippen LogP contribution in [0.5, 0.6) is 0 Å². The van der Waals surface area contributed by atoms with Gasteiger partial charge in [0.2, 0.25) is 5.91 Å². The molecule has 2 saturated heterocycles. The van der Waals surface area contributed by atoms with Gasteiger partial charge in [-0.15, -0.1) is 0 Å². The summed E-state index contributed by atoms with van der Waals surface area (Å²) < 4.78 is 0. The number of benzene rings is 1. The first-order chi connectivity index (χ1) is 12.5. The number of aryl methyl sites for hydroxylation is 1. The molecular weight excluding hydrogens is 330 g/mol. The molecule has 140 valence electrons. The second-order valence-electron chi connectivity index (χ2n) is 7.33. The summed E-state index contributed by atoms with van der Waals surface area (Å²) in [6.07, 6.45) is 5.12. The van der Waals surface area contributed by atoms with E-state index in [1.807, 2.05) is 24.3 Å². The van der Waals surface area contributed by atoms with E-state index >= 15 is 0 Å². The molecule has 3 rings (SSSR count). The molecule has 2 aliphatic heterocycles. The zero-order valence-electron chi connectivity index (χ0n) is 15.6. The van der Waals surface area contributed by atoms with E-state index in [1.165, 1.54) is 5.56 Å². The molecule has 4 amide bonds. The molecule has 0 bridgehead atoms. The molecule has 6 nitrogen and oxygen atoms in total. The van der Waals surface area contributed by atoms with Gasteiger partial charge in [0.15, 0.2) is 0 Å². The van der Waals surface area contributed by atoms with E-state index < -0.39 is 11.6 Å². The lowest BCUT2D eigenvalue weighted by molar-refractivity contribution is -0.139. The number of nitrogens with one attached hydrogen (secondary N) is 1. The molecule has 0 aromatic heterocycles. The largest absolute Gasteiger partial charge is 0.341 e. The predicted octanol–water partition coefficient (Wildman–Crippen LogP) is 2.42. The second kappa shape index (κ2) is 7.48. The third-order valence-electron chi connectivity index (χ3n) is 5.35. The Morgan fingerprint density at radius 3 is 2.38 bits per heavy atom. The number of urea groups is 1. The van der Waals surface area contributed by atoms with E-state index in [1.54, 1.807) is 11.8 Å². The summed E-state index contributed by atoms with van der Waals surface area (Å²) in [6.45, 7) is 5.05. The van der Waals surface area contributed by atoms with E-state index in [0.29, 0.717) is 13.1 Å². The van der Waals surface area contributed by atoms with Crippen molar-refractivity contribution in [1.82, 2.24) is 15.1 Å². The summed E-state index contributed by atoms with van der Waals surface area (Å²) in [5, 5.41) is 2.77. The monoisotopic (exact) mass is 357 g/mol. The molecule has 26 heavy (non-hydrogen) atoms. The number of piperidine rings is 1. The maximum Gasteiger partial charge on any atom is 0.325 e. The number of carbonyl (C=O) groups excluding carboxylic acids is 3. The van der Waals surface area contributed by atoms with Gasteiger partial charge in [-0.25, -0.2) is 4.79 Å². The van der Waals surface area contributed by atoms with Gasteiger partial charge < -0.3 is 10.2 Å². The molecule has 2 aliphatic rings. The van der Waals surface area contributed by atoms with Gasteiger partial charge in [0.05, 0.1) is 0 Å². The topological polar surface area (TPSA) is 69.7 Å². The van der Waals surface area contributed by atoms with Crippen LogP contribution in [0.1, 0.15) is 50.7 Å². The molecule has 0 spiro atoms. The van der Waals surface area contributed by atoms with E-state index in [2.05, 4.69) is 12.2 Å². The molecule has 2 heterocycles. The average molecular weight is 357 g/mol. The number of rotatable bonds is 5. The Labute approximate surface area is 154 Å². The minimum atomic E-state index is -1.12. The van der Waals surface area contributed by atoms with Crippen LogP contribution < -0.4 is 5.32 Å². The van der Waals surface area contributed by atoms with Crippen molar-refractivity contribution in [2.75, 3.05) is 19.6 Å². The Hall–Kier alpha value is -2.37. The maximum atomic E-state index is 12.9. The number of amides is 4. The Kier molecular flexibility index (Phi) is 5.30. The number of carbonyl (C=O) groups is 3. The van der Waals surface area contributed by atoms with E-state index in [9.17, 15) is 14.4 Å². The van der Waals surface area contributed by atoms with E-state index in [4.69, 9.17) is 0 Å². The van der Waals surface area contributed by atoms with Gasteiger partial charge in [0, 0.05) is 13.1 Å². The third kappa shape index (κ3) is 3.45. The first-order valence-electron chi connectivity index (χ1n) is 9.47. The van der Waals surface area contributed by atoms with Crippen molar-refractivity contribution in [1.29, 1.82) is 0 Å². The normalized spacial score (nSPS) is 23.3. The number of likely N-dealkylation sites (tertiary alicyclic amines) is 1. The quantitative estimate of drug-likeness (QED) is 0.823. The molecule has 1 N–H and O–H groups in total. The van der Waals surface area contributed by atoms with Gasteiger partial charge >= 0.3 is 6.03 Å². The lowest BCUT2D eigenvalue weighted by atomic mass is 9.91. The van der Waals surface area contributed by atoms with E-state index in [-0.39, 0.29) is 18.4 Å². The molecule has 0 unspecified atom stereocenters. The number of hydrogen-bond acceptors (Lipinski definition) is 3. The minimum absolute atomic E-state index is 0.157. The van der Waals surface area contributed by atoms with Crippen LogP contribution in [-0.4, -0.2) is 47.3 Å². The van der Waals surface area contributed by atoms with E-state index in [0.717, 1.165) is 42.6 Å². The van der Waals surface area contributed by atoms with Crippen LogP contribution in [0.25, 0.3) is 0 Å². The first kappa shape index (κ1) is 18.4. The lowest BCUT2D eigenvalue weighted by Crippen LogP contribution is -2.45. The SMILES string of the molecule is CCCc1ccc([C@]2(C)NC(=O)N(CC(=O)N3CCCCC3)C2=O)cc1. The van der Waals surface area contributed by atoms with Crippen molar-refractivity contribution >= 4 is 17.8 Å². The van der Waals surface area contributed by atoms with Crippen LogP contribution >= 0.6 is 0 Å². The number of hydrogen-bond donors (Lipinski definition) is 1. The minimum Gasteiger partial charge on any atom is -0.341 e. The summed E-state index contributed by atoms with van der Waals surface area (Å²) in [5.74, 6) is -0.521. The number of imide groups is 1. The van der Waals surface area contributed by atoms with Gasteiger partial charge in [-0.1, -0.05) is 37.6 Å². The van der Waals surface area contributed by atoms with Crippen LogP contribution in [0.3, 0.4) is 0 Å². The highest BCUT2D eigenvalue weighted by Gasteiger charge is 2.49. The molecular formula is C20H27N3O3. The molecule has 6 heteroatoms. The van der Waals surface area contributed by atoms with Crippen LogP contribution in [0.15, 0.2) is 24.3 Å². The first-order valence-corrected chi connectivity index (χ1v) is 9.47. The Morgan fingerprint density at radius 1 is 1.12 bits per heavy atom. The van der Waals surface area contributed by atoms with Crippen molar-refractivity contribution in [3.05, 3.63) is 35.4 Å². The highest BCUT2D eigenvalue weighted by atomic mass is 16.2. The Morgan fingerprint density at radius 2 is 1.77 bits per heavy atom. The highest BCUT2D eigenvalue weighted by molar-refractivity contribution is 6.09. The smallest absolute Gasteiger partial charge is 0.325 e. The van der Waals surface area contributed by atoms with Gasteiger partial charge in [0.1, 0.15) is 12.1 Å². The highest BCUT2D eigenvalue weighted by Crippen LogP contribution is 2.29. The molecule has 2 fully saturated rings. The zero-order chi connectivity index (χ0) is 18.7. The molecule has 1 aromatic rings. The van der Waals surface area contributed by atoms with Crippen molar-refractivity contribution in [3.63, 3.8) is 0 Å². The van der Waals surface area contributed by atoms with Crippen LogP contribution in [0, 0.1) is 0 Å². The molecule has 0 radical (unpaired) electrons. The average Bonchev–Trinajstić information content (AvgIpc) is 2.87. The second-order valence-corrected chi connectivity index (χ2v) is 7.33. The third-order valence-corrected chi connectivity index (χ3v) is 5.35. The zero-order valence-corrected chi connectivity index (χ0v) is 15.6. The molecule has 0 saturated carbocycles. The van der Waals surface area contributed by atoms with Crippen LogP contribution in [0.4, 0.5) is 4.79 Å². The van der Waals surface area contributed by atoms with Crippen molar-refractivity contribution in [3.8, 4) is 0 Å². The van der Waals surface area contributed by atoms with Gasteiger partial charge in [-0.2, -0.15) is 0 Å². The fourth-order valence-electron chi connectivity index (χ4n) is 3.71. The Bertz CT molecular complexity index is 695. The fourth-order valence-corrected chi connectivity index (χ4v) is 3.71. The molecule has 0 aliphatic carbocycles. The van der Waals surface area contributed by atoms with Gasteiger partial charge in [-0.05, 0) is 43.7 Å². The maximum absolute atomic E-state index is 12.9. The van der Waals surface area contributed by atoms with Crippen LogP contribution in [0.2, 0.25) is 0 Å².